The Labute approximate surface area is 609 Å². The van der Waals surface area contributed by atoms with Crippen LogP contribution in [0.2, 0.25) is 0 Å². The Morgan fingerprint density at radius 3 is 0.822 bits per heavy atom. The molecule has 5 atom stereocenters. The summed E-state index contributed by atoms with van der Waals surface area (Å²) in [6.45, 7) is 2.16. The van der Waals surface area contributed by atoms with Gasteiger partial charge in [0.2, 0.25) is 0 Å². The third kappa shape index (κ3) is 75.1. The second-order valence-electron chi connectivity index (χ2n) is 23.9. The van der Waals surface area contributed by atoms with Gasteiger partial charge in [0.05, 0.1) is 26.4 Å². The highest BCUT2D eigenvalue weighted by Crippen LogP contribution is 2.45. The molecular formula is C83H130O16P2. The van der Waals surface area contributed by atoms with Crippen molar-refractivity contribution >= 4 is 33.6 Å². The molecule has 0 aliphatic rings. The van der Waals surface area contributed by atoms with E-state index in [9.17, 15) is 43.5 Å². The molecule has 0 radical (unpaired) electrons. The summed E-state index contributed by atoms with van der Waals surface area (Å²) in [5.74, 6) is -1.73. The summed E-state index contributed by atoms with van der Waals surface area (Å²) < 4.78 is 61.0. The first kappa shape index (κ1) is 95.1. The lowest BCUT2D eigenvalue weighted by Crippen LogP contribution is -2.29. The van der Waals surface area contributed by atoms with Crippen LogP contribution in [-0.2, 0) is 55.8 Å². The van der Waals surface area contributed by atoms with Gasteiger partial charge in [-0.25, -0.2) is 9.13 Å². The number of ether oxygens (including phenoxy) is 3. The van der Waals surface area contributed by atoms with Crippen LogP contribution in [0.1, 0.15) is 239 Å². The summed E-state index contributed by atoms with van der Waals surface area (Å²) in [7, 11) is -9.85. The van der Waals surface area contributed by atoms with E-state index in [0.29, 0.717) is 25.7 Å². The minimum atomic E-state index is -4.97. The number of phosphoric ester groups is 2. The monoisotopic (exact) mass is 1440 g/mol. The maximum atomic E-state index is 12.9. The van der Waals surface area contributed by atoms with Crippen molar-refractivity contribution in [3.05, 3.63) is 207 Å². The van der Waals surface area contributed by atoms with Crippen LogP contribution in [0.4, 0.5) is 0 Å². The molecule has 568 valence electrons. The lowest BCUT2D eigenvalue weighted by atomic mass is 10.1. The number of hydrogen-bond acceptors (Lipinski definition) is 14. The van der Waals surface area contributed by atoms with Gasteiger partial charge in [0.1, 0.15) is 25.4 Å². The summed E-state index contributed by atoms with van der Waals surface area (Å²) in [6, 6.07) is 0. The van der Waals surface area contributed by atoms with Crippen molar-refractivity contribution in [1.82, 2.24) is 0 Å². The van der Waals surface area contributed by atoms with Crippen LogP contribution in [0.5, 0.6) is 0 Å². The molecule has 0 aliphatic carbocycles. The third-order valence-corrected chi connectivity index (χ3v) is 16.4. The number of rotatable bonds is 68. The molecule has 0 aromatic carbocycles. The summed E-state index contributed by atoms with van der Waals surface area (Å²) in [5, 5.41) is 20.6. The quantitative estimate of drug-likeness (QED) is 0.0146. The Morgan fingerprint density at radius 2 is 0.515 bits per heavy atom. The van der Waals surface area contributed by atoms with Crippen molar-refractivity contribution in [3.8, 4) is 0 Å². The highest BCUT2D eigenvalue weighted by Gasteiger charge is 2.29. The van der Waals surface area contributed by atoms with Crippen molar-refractivity contribution in [1.29, 1.82) is 0 Å². The molecule has 5 unspecified atom stereocenters. The zero-order valence-corrected chi connectivity index (χ0v) is 63.5. The Morgan fingerprint density at radius 1 is 0.277 bits per heavy atom. The van der Waals surface area contributed by atoms with Crippen LogP contribution in [0.3, 0.4) is 0 Å². The fraction of sp³-hybridized carbons (Fsp3) is 0.554. The fourth-order valence-electron chi connectivity index (χ4n) is 8.92. The molecule has 18 heteroatoms. The number of phosphoric acid groups is 2. The van der Waals surface area contributed by atoms with E-state index in [0.717, 1.165) is 173 Å². The fourth-order valence-corrected chi connectivity index (χ4v) is 10.5. The lowest BCUT2D eigenvalue weighted by molar-refractivity contribution is -0.161. The van der Waals surface area contributed by atoms with Crippen molar-refractivity contribution < 1.29 is 75.8 Å². The Balaban J connectivity index is 4.82. The molecule has 0 bridgehead atoms. The van der Waals surface area contributed by atoms with Crippen LogP contribution < -0.4 is 0 Å². The van der Waals surface area contributed by atoms with Gasteiger partial charge in [0.15, 0.2) is 6.10 Å². The number of aliphatic hydroxyl groups excluding tert-OH is 2. The molecule has 0 spiro atoms. The van der Waals surface area contributed by atoms with E-state index in [1.807, 2.05) is 18.2 Å². The third-order valence-electron chi connectivity index (χ3n) is 14.5. The Kier molecular flexibility index (Phi) is 69.6. The summed E-state index contributed by atoms with van der Waals surface area (Å²) >= 11 is 0. The number of unbranched alkanes of at least 4 members (excludes halogenated alkanes) is 11. The van der Waals surface area contributed by atoms with Crippen molar-refractivity contribution in [2.24, 2.45) is 0 Å². The lowest BCUT2D eigenvalue weighted by Gasteiger charge is -2.21. The molecule has 16 nitrogen and oxygen atoms in total. The van der Waals surface area contributed by atoms with Gasteiger partial charge in [-0.05, 0) is 154 Å². The maximum absolute atomic E-state index is 12.9. The van der Waals surface area contributed by atoms with E-state index in [1.54, 1.807) is 0 Å². The normalized spacial score (nSPS) is 15.2. The van der Waals surface area contributed by atoms with Gasteiger partial charge in [0.25, 0.3) is 0 Å². The number of carbonyl (C=O) groups excluding carboxylic acids is 3. The smallest absolute Gasteiger partial charge is 0.463 e. The second-order valence-corrected chi connectivity index (χ2v) is 26.9. The van der Waals surface area contributed by atoms with Crippen LogP contribution in [0.25, 0.3) is 0 Å². The number of esters is 3. The average Bonchev–Trinajstić information content (AvgIpc) is 1.05. The van der Waals surface area contributed by atoms with Gasteiger partial charge in [0, 0.05) is 19.3 Å². The minimum Gasteiger partial charge on any atom is -0.463 e. The van der Waals surface area contributed by atoms with Gasteiger partial charge >= 0.3 is 33.6 Å². The molecule has 0 aromatic heterocycles. The Hall–Kier alpha value is -5.87. The molecule has 0 fully saturated rings. The van der Waals surface area contributed by atoms with Gasteiger partial charge in [-0.1, -0.05) is 272 Å². The first-order valence-corrected chi connectivity index (χ1v) is 40.4. The number of carbonyl (C=O) groups is 3. The minimum absolute atomic E-state index is 0.0333. The largest absolute Gasteiger partial charge is 0.472 e. The molecule has 0 saturated heterocycles. The zero-order valence-electron chi connectivity index (χ0n) is 61.7. The summed E-state index contributed by atoms with van der Waals surface area (Å²) in [6.07, 6.45) is 97.4. The van der Waals surface area contributed by atoms with Gasteiger partial charge in [-0.3, -0.25) is 32.5 Å². The summed E-state index contributed by atoms with van der Waals surface area (Å²) in [5.41, 5.74) is 0. The van der Waals surface area contributed by atoms with E-state index in [4.69, 9.17) is 32.3 Å². The van der Waals surface area contributed by atoms with Crippen molar-refractivity contribution in [2.45, 2.75) is 257 Å². The van der Waals surface area contributed by atoms with E-state index in [-0.39, 0.29) is 19.3 Å². The van der Waals surface area contributed by atoms with Crippen LogP contribution in [-0.4, -0.2) is 95.9 Å². The van der Waals surface area contributed by atoms with Crippen molar-refractivity contribution in [2.75, 3.05) is 39.6 Å². The van der Waals surface area contributed by atoms with Gasteiger partial charge < -0.3 is 34.2 Å². The Bertz CT molecular complexity index is 2660. The molecule has 0 amide bonds. The average molecular weight is 1450 g/mol. The van der Waals surface area contributed by atoms with Gasteiger partial charge in [-0.2, -0.15) is 0 Å². The number of hydrogen-bond donors (Lipinski definition) is 4. The highest BCUT2D eigenvalue weighted by atomic mass is 31.2. The highest BCUT2D eigenvalue weighted by molar-refractivity contribution is 7.47. The summed E-state index contributed by atoms with van der Waals surface area (Å²) in [4.78, 5) is 58.6. The molecular weight excluding hydrogens is 1310 g/mol. The SMILES string of the molecule is CC/C=C\C/C=C\C/C=C\C/C=C\C/C=C\C/C=C\CCCCCCC(=O)OCC(O)COP(=O)(O)OCC(O)COP(=O)(O)OCC(COC(=O)CCCCCCCCC/C=C\C/C=C\C/C=C\C/C=C\C/C=C\CC)OC(=O)CC/C=C\C/C=C\C/C=C\C/C=C\C/C=C\C/C=C\CC. The molecule has 0 aliphatic heterocycles. The first-order chi connectivity index (χ1) is 49.2. The van der Waals surface area contributed by atoms with Gasteiger partial charge in [-0.15, -0.1) is 0 Å². The van der Waals surface area contributed by atoms with Crippen LogP contribution in [0, 0.1) is 0 Å². The van der Waals surface area contributed by atoms with E-state index in [1.165, 1.54) is 0 Å². The standard InChI is InChI=1S/C83H130O16P2/c1-4-7-10-13-16-19-22-25-28-31-34-36-38-40-43-45-48-51-54-57-60-63-66-69-81(86)93-72-78(84)73-95-100(89,90)96-74-79(85)75-97-101(91,92)98-77-80(99-83(88)71-68-65-62-59-56-53-50-47-42-33-30-27-24-21-18-15-12-9-6-3)76-94-82(87)70-67-64-61-58-55-52-49-46-44-41-39-37-35-32-29-26-23-20-17-14-11-8-5-2/h7-12,16-21,25-30,34-37,40-44,47-48,51,53,56,62,65,78-80,84-85H,4-6,13-15,22-24,31-33,38-39,45-46,49-50,52,54-55,57-61,63-64,66-77H2,1-3H3,(H,89,90)(H,91,92)/b10-7-,11-8-,12-9-,19-16-,20-17-,21-18-,28-25-,29-26-,30-27-,36-34-,37-35-,43-40-,44-41-,47-42-,51-48-,56-53-,65-62-. The van der Waals surface area contributed by atoms with E-state index in [2.05, 4.69) is 209 Å². The molecule has 0 heterocycles. The zero-order chi connectivity index (χ0) is 73.7. The first-order valence-electron chi connectivity index (χ1n) is 37.4. The van der Waals surface area contributed by atoms with E-state index >= 15 is 0 Å². The molecule has 0 rings (SSSR count). The van der Waals surface area contributed by atoms with E-state index < -0.39 is 91.5 Å². The molecule has 0 aromatic rings. The predicted molar refractivity (Wildman–Crippen MR) is 417 cm³/mol. The van der Waals surface area contributed by atoms with Crippen LogP contribution >= 0.6 is 15.6 Å². The molecule has 4 N–H and O–H groups in total. The maximum Gasteiger partial charge on any atom is 0.472 e. The molecule has 101 heavy (non-hydrogen) atoms. The van der Waals surface area contributed by atoms with Crippen molar-refractivity contribution in [3.63, 3.8) is 0 Å². The molecule has 0 saturated carbocycles. The predicted octanol–water partition coefficient (Wildman–Crippen LogP) is 21.8. The second kappa shape index (κ2) is 73.9. The number of aliphatic hydroxyl groups is 2. The van der Waals surface area contributed by atoms with Crippen LogP contribution in [0.15, 0.2) is 207 Å². The number of allylic oxidation sites excluding steroid dienone is 34. The topological polar surface area (TPSA) is 231 Å².